The molecule has 6 heteroatoms. The van der Waals surface area contributed by atoms with Gasteiger partial charge in [0.25, 0.3) is 0 Å². The summed E-state index contributed by atoms with van der Waals surface area (Å²) in [4.78, 5) is 38.7. The van der Waals surface area contributed by atoms with Gasteiger partial charge in [0.1, 0.15) is 0 Å². The van der Waals surface area contributed by atoms with Crippen molar-refractivity contribution in [3.05, 3.63) is 0 Å². The molecule has 12 heavy (non-hydrogen) atoms. The zero-order valence-electron chi connectivity index (χ0n) is 6.37. The summed E-state index contributed by atoms with van der Waals surface area (Å²) in [5.41, 5.74) is 0. The fourth-order valence-electron chi connectivity index (χ4n) is 0.764. The fourth-order valence-corrected chi connectivity index (χ4v) is 1.16. The van der Waals surface area contributed by atoms with Crippen LogP contribution in [-0.2, 0) is 14.4 Å². The van der Waals surface area contributed by atoms with Gasteiger partial charge in [0, 0.05) is 0 Å². The molecule has 68 valence electrons. The maximum atomic E-state index is 10.9. The zero-order chi connectivity index (χ0) is 9.14. The van der Waals surface area contributed by atoms with E-state index in [2.05, 4.69) is 4.84 Å². The molecule has 0 aliphatic carbocycles. The van der Waals surface area contributed by atoms with Crippen LogP contribution in [0.4, 0.5) is 4.79 Å². The van der Waals surface area contributed by atoms with Gasteiger partial charge in [-0.2, -0.15) is 0 Å². The Balaban J connectivity index is 2.56. The number of hydrogen-bond acceptors (Lipinski definition) is 4. The number of alkyl halides is 1. The Morgan fingerprint density at radius 2 is 1.92 bits per heavy atom. The molecular weight excluding hydrogens is 277 g/mol. The van der Waals surface area contributed by atoms with Crippen LogP contribution in [0, 0.1) is 0 Å². The van der Waals surface area contributed by atoms with Crippen LogP contribution in [0.1, 0.15) is 12.8 Å². The van der Waals surface area contributed by atoms with Gasteiger partial charge in [-0.05, 0) is 0 Å². The molecule has 2 amide bonds. The normalized spacial score (nSPS) is 17.2. The number of halogens is 1. The first-order valence-electron chi connectivity index (χ1n) is 3.22. The summed E-state index contributed by atoms with van der Waals surface area (Å²) in [6, 6.07) is 0. The van der Waals surface area contributed by atoms with Crippen molar-refractivity contribution in [2.75, 3.05) is 4.93 Å². The number of hydrogen-bond donors (Lipinski definition) is 0. The molecule has 0 bridgehead atoms. The van der Waals surface area contributed by atoms with E-state index in [-0.39, 0.29) is 12.8 Å². The van der Waals surface area contributed by atoms with Crippen LogP contribution < -0.4 is 21.2 Å². The Morgan fingerprint density at radius 3 is 2.33 bits per heavy atom. The molecule has 1 fully saturated rings. The van der Waals surface area contributed by atoms with Crippen molar-refractivity contribution in [3.8, 4) is 0 Å². The molecular formula is C6H7INO4-. The van der Waals surface area contributed by atoms with Gasteiger partial charge in [0.2, 0.25) is 0 Å². The molecule has 1 heterocycles. The molecule has 0 N–H and O–H groups in total. The maximum absolute atomic E-state index is 10.9. The monoisotopic (exact) mass is 284 g/mol. The van der Waals surface area contributed by atoms with Crippen LogP contribution in [0.5, 0.6) is 0 Å². The third-order valence-electron chi connectivity index (χ3n) is 1.32. The average Bonchev–Trinajstić information content (AvgIpc) is 2.35. The van der Waals surface area contributed by atoms with E-state index in [1.807, 2.05) is 0 Å². The van der Waals surface area contributed by atoms with Crippen molar-refractivity contribution in [1.29, 1.82) is 0 Å². The van der Waals surface area contributed by atoms with E-state index in [1.54, 1.807) is 4.93 Å². The Labute approximate surface area is 79.3 Å². The molecule has 0 saturated carbocycles. The van der Waals surface area contributed by atoms with Crippen molar-refractivity contribution < 1.29 is 40.4 Å². The molecule has 1 rings (SSSR count). The Bertz CT molecular complexity index is 224. The number of carbonyl (C=O) groups excluding carboxylic acids is 3. The summed E-state index contributed by atoms with van der Waals surface area (Å²) in [5.74, 6) is -0.850. The third-order valence-corrected chi connectivity index (χ3v) is 2.40. The summed E-state index contributed by atoms with van der Waals surface area (Å²) in [6.45, 7) is 0. The Morgan fingerprint density at radius 1 is 1.42 bits per heavy atom. The summed E-state index contributed by atoms with van der Waals surface area (Å²) < 4.78 is -0.461. The number of amides is 2. The van der Waals surface area contributed by atoms with Crippen LogP contribution in [0.25, 0.3) is 0 Å². The van der Waals surface area contributed by atoms with Gasteiger partial charge in [-0.3, -0.25) is 0 Å². The van der Waals surface area contributed by atoms with Crippen LogP contribution in [0.2, 0.25) is 0 Å². The second kappa shape index (κ2) is 3.83. The predicted molar refractivity (Wildman–Crippen MR) is 33.5 cm³/mol. The number of imide groups is 1. The van der Waals surface area contributed by atoms with Crippen molar-refractivity contribution >= 4 is 15.8 Å². The van der Waals surface area contributed by atoms with Crippen LogP contribution >= 0.6 is 0 Å². The molecule has 0 radical (unpaired) electrons. The van der Waals surface area contributed by atoms with E-state index in [0.717, 1.165) is 0 Å². The fraction of sp³-hybridized carbons (Fsp3) is 0.500. The van der Waals surface area contributed by atoms with E-state index in [1.165, 1.54) is 0 Å². The van der Waals surface area contributed by atoms with Gasteiger partial charge >= 0.3 is 79.1 Å². The van der Waals surface area contributed by atoms with Crippen molar-refractivity contribution in [2.24, 2.45) is 0 Å². The summed E-state index contributed by atoms with van der Waals surface area (Å²) in [5, 5.41) is 0.575. The van der Waals surface area contributed by atoms with E-state index >= 15 is 0 Å². The van der Waals surface area contributed by atoms with E-state index in [9.17, 15) is 14.4 Å². The summed E-state index contributed by atoms with van der Waals surface area (Å²) >= 11 is -0.720. The van der Waals surface area contributed by atoms with Crippen molar-refractivity contribution in [1.82, 2.24) is 5.06 Å². The van der Waals surface area contributed by atoms with Gasteiger partial charge in [0.15, 0.2) is 0 Å². The number of nitrogens with zero attached hydrogens (tertiary/aromatic N) is 1. The van der Waals surface area contributed by atoms with E-state index < -0.39 is 37.0 Å². The zero-order valence-corrected chi connectivity index (χ0v) is 8.53. The van der Waals surface area contributed by atoms with Crippen molar-refractivity contribution in [3.63, 3.8) is 0 Å². The molecule has 0 aromatic rings. The molecule has 1 saturated heterocycles. The van der Waals surface area contributed by atoms with Gasteiger partial charge < -0.3 is 0 Å². The molecule has 0 aromatic heterocycles. The molecule has 1 aliphatic heterocycles. The predicted octanol–water partition coefficient (Wildman–Crippen LogP) is -3.09. The SMILES string of the molecule is C[I-]C(=O)ON1C(=O)CCC1=O. The molecule has 0 spiro atoms. The second-order valence-corrected chi connectivity index (χ2v) is 4.06. The average molecular weight is 284 g/mol. The Kier molecular flexibility index (Phi) is 3.01. The number of hydroxylamine groups is 2. The van der Waals surface area contributed by atoms with E-state index in [4.69, 9.17) is 0 Å². The van der Waals surface area contributed by atoms with Gasteiger partial charge in [-0.25, -0.2) is 0 Å². The minimum absolute atomic E-state index is 0.147. The molecule has 0 unspecified atom stereocenters. The van der Waals surface area contributed by atoms with Crippen LogP contribution in [0.15, 0.2) is 0 Å². The molecule has 0 aromatic carbocycles. The molecule has 1 aliphatic rings. The third kappa shape index (κ3) is 1.93. The van der Waals surface area contributed by atoms with Crippen molar-refractivity contribution in [2.45, 2.75) is 12.8 Å². The topological polar surface area (TPSA) is 63.7 Å². The van der Waals surface area contributed by atoms with Crippen LogP contribution in [-0.4, -0.2) is 25.8 Å². The quantitative estimate of drug-likeness (QED) is 0.233. The number of carbonyl (C=O) groups is 3. The number of rotatable bonds is 2. The molecule has 5 nitrogen and oxygen atoms in total. The van der Waals surface area contributed by atoms with E-state index in [0.29, 0.717) is 5.06 Å². The second-order valence-electron chi connectivity index (χ2n) is 2.10. The summed E-state index contributed by atoms with van der Waals surface area (Å²) in [6.07, 6.45) is 0.294. The van der Waals surface area contributed by atoms with Gasteiger partial charge in [-0.15, -0.1) is 0 Å². The minimum atomic E-state index is -0.720. The van der Waals surface area contributed by atoms with Gasteiger partial charge in [-0.1, -0.05) is 0 Å². The van der Waals surface area contributed by atoms with Gasteiger partial charge in [0.05, 0.1) is 0 Å². The first-order chi connectivity index (χ1) is 5.65. The Hall–Kier alpha value is -0.660. The molecule has 0 atom stereocenters. The van der Waals surface area contributed by atoms with Crippen LogP contribution in [0.3, 0.4) is 0 Å². The first-order valence-corrected chi connectivity index (χ1v) is 6.46. The summed E-state index contributed by atoms with van der Waals surface area (Å²) in [7, 11) is 0. The first kappa shape index (κ1) is 9.43. The standard InChI is InChI=1S/C6H7INO4/c1-7-6(11)12-8-4(9)2-3-5(8)10/h2-3H2,1H3/q-1.